The van der Waals surface area contributed by atoms with Crippen LogP contribution in [0, 0.1) is 5.92 Å². The van der Waals surface area contributed by atoms with Crippen LogP contribution in [0.15, 0.2) is 18.2 Å². The van der Waals surface area contributed by atoms with Gasteiger partial charge in [-0.3, -0.25) is 4.79 Å². The lowest BCUT2D eigenvalue weighted by atomic mass is 9.90. The number of hydrogen-bond acceptors (Lipinski definition) is 3. The Hall–Kier alpha value is -1.35. The van der Waals surface area contributed by atoms with Crippen LogP contribution in [0.4, 0.5) is 0 Å². The van der Waals surface area contributed by atoms with Gasteiger partial charge < -0.3 is 9.84 Å². The number of hydrogen-bond donors (Lipinski definition) is 1. The van der Waals surface area contributed by atoms with E-state index < -0.39 is 6.10 Å². The van der Waals surface area contributed by atoms with Gasteiger partial charge in [-0.25, -0.2) is 0 Å². The van der Waals surface area contributed by atoms with E-state index in [-0.39, 0.29) is 5.78 Å². The van der Waals surface area contributed by atoms with Crippen molar-refractivity contribution in [1.29, 1.82) is 0 Å². The first-order valence-electron chi connectivity index (χ1n) is 8.20. The molecule has 1 aromatic rings. The molecular weight excluding hydrogens is 264 g/mol. The summed E-state index contributed by atoms with van der Waals surface area (Å²) in [5.74, 6) is 1.66. The van der Waals surface area contributed by atoms with Crippen molar-refractivity contribution >= 4 is 5.78 Å². The molecule has 0 amide bonds. The minimum atomic E-state index is -0.400. The molecule has 1 fully saturated rings. The molecule has 0 heterocycles. The van der Waals surface area contributed by atoms with Crippen LogP contribution in [-0.2, 0) is 6.42 Å². The fourth-order valence-electron chi connectivity index (χ4n) is 3.67. The summed E-state index contributed by atoms with van der Waals surface area (Å²) < 4.78 is 5.82. The third-order valence-electron chi connectivity index (χ3n) is 4.78. The molecule has 1 atom stereocenters. The first kappa shape index (κ1) is 14.6. The van der Waals surface area contributed by atoms with Gasteiger partial charge in [0.1, 0.15) is 12.4 Å². The Morgan fingerprint density at radius 3 is 2.81 bits per heavy atom. The van der Waals surface area contributed by atoms with Gasteiger partial charge in [0.15, 0.2) is 5.78 Å². The summed E-state index contributed by atoms with van der Waals surface area (Å²) >= 11 is 0. The van der Waals surface area contributed by atoms with Crippen LogP contribution >= 0.6 is 0 Å². The number of aliphatic hydroxyl groups excluding tert-OH is 1. The van der Waals surface area contributed by atoms with E-state index in [0.717, 1.165) is 36.1 Å². The van der Waals surface area contributed by atoms with Crippen molar-refractivity contribution in [2.45, 2.75) is 57.5 Å². The standard InChI is InChI=1S/C18H24O3/c19-14(11-13-5-1-2-6-13)12-21-18-10-4-7-15-16(18)8-3-9-17(15)20/h4,7,10,13-14,19H,1-3,5-6,8-9,11-12H2. The van der Waals surface area contributed by atoms with Crippen LogP contribution in [0.2, 0.25) is 0 Å². The molecule has 1 N–H and O–H groups in total. The Morgan fingerprint density at radius 1 is 1.19 bits per heavy atom. The van der Waals surface area contributed by atoms with Crippen LogP contribution < -0.4 is 4.74 Å². The number of benzene rings is 1. The maximum atomic E-state index is 11.9. The summed E-state index contributed by atoms with van der Waals surface area (Å²) in [6.07, 6.45) is 7.96. The number of aliphatic hydroxyl groups is 1. The number of Topliss-reactive ketones (excluding diaryl/α,β-unsaturated/α-hetero) is 1. The molecule has 0 saturated heterocycles. The quantitative estimate of drug-likeness (QED) is 0.901. The second-order valence-corrected chi connectivity index (χ2v) is 6.41. The SMILES string of the molecule is O=C1CCCc2c(OCC(O)CC3CCCC3)cccc21. The van der Waals surface area contributed by atoms with Gasteiger partial charge in [0.2, 0.25) is 0 Å². The van der Waals surface area contributed by atoms with Gasteiger partial charge in [0.05, 0.1) is 6.10 Å². The molecule has 3 nitrogen and oxygen atoms in total. The Morgan fingerprint density at radius 2 is 2.00 bits per heavy atom. The number of carbonyl (C=O) groups excluding carboxylic acids is 1. The van der Waals surface area contributed by atoms with Gasteiger partial charge in [0, 0.05) is 17.5 Å². The van der Waals surface area contributed by atoms with Crippen molar-refractivity contribution in [1.82, 2.24) is 0 Å². The Kier molecular flexibility index (Phi) is 4.59. The molecule has 2 aliphatic carbocycles. The van der Waals surface area contributed by atoms with E-state index in [2.05, 4.69) is 0 Å². The molecule has 0 radical (unpaired) electrons. The zero-order valence-corrected chi connectivity index (χ0v) is 12.5. The molecule has 0 bridgehead atoms. The minimum Gasteiger partial charge on any atom is -0.491 e. The second kappa shape index (κ2) is 6.61. The zero-order chi connectivity index (χ0) is 14.7. The molecule has 0 spiro atoms. The van der Waals surface area contributed by atoms with E-state index in [1.165, 1.54) is 25.7 Å². The normalized spacial score (nSPS) is 20.3. The fraction of sp³-hybridized carbons (Fsp3) is 0.611. The van der Waals surface area contributed by atoms with Gasteiger partial charge in [-0.2, -0.15) is 0 Å². The monoisotopic (exact) mass is 288 g/mol. The Labute approximate surface area is 126 Å². The zero-order valence-electron chi connectivity index (χ0n) is 12.5. The molecule has 1 aromatic carbocycles. The first-order chi connectivity index (χ1) is 10.2. The molecule has 114 valence electrons. The smallest absolute Gasteiger partial charge is 0.163 e. The van der Waals surface area contributed by atoms with Crippen LogP contribution in [0.5, 0.6) is 5.75 Å². The fourth-order valence-corrected chi connectivity index (χ4v) is 3.67. The molecule has 21 heavy (non-hydrogen) atoms. The number of fused-ring (bicyclic) bond motifs is 1. The molecule has 3 rings (SSSR count). The van der Waals surface area contributed by atoms with E-state index in [0.29, 0.717) is 18.9 Å². The second-order valence-electron chi connectivity index (χ2n) is 6.41. The lowest BCUT2D eigenvalue weighted by Crippen LogP contribution is -2.21. The molecule has 2 aliphatic rings. The third-order valence-corrected chi connectivity index (χ3v) is 4.78. The predicted octanol–water partition coefficient (Wildman–Crippen LogP) is 3.53. The van der Waals surface area contributed by atoms with Gasteiger partial charge in [-0.05, 0) is 31.2 Å². The Balaban J connectivity index is 1.60. The van der Waals surface area contributed by atoms with Crippen molar-refractivity contribution in [3.8, 4) is 5.75 Å². The number of carbonyl (C=O) groups is 1. The molecule has 1 unspecified atom stereocenters. The predicted molar refractivity (Wildman–Crippen MR) is 81.8 cm³/mol. The van der Waals surface area contributed by atoms with Crippen molar-refractivity contribution in [2.75, 3.05) is 6.61 Å². The molecule has 0 aromatic heterocycles. The van der Waals surface area contributed by atoms with E-state index in [9.17, 15) is 9.90 Å². The lowest BCUT2D eigenvalue weighted by Gasteiger charge is -2.21. The van der Waals surface area contributed by atoms with Crippen molar-refractivity contribution in [2.24, 2.45) is 5.92 Å². The average Bonchev–Trinajstić information content (AvgIpc) is 2.98. The van der Waals surface area contributed by atoms with Gasteiger partial charge in [-0.1, -0.05) is 37.8 Å². The molecule has 3 heteroatoms. The van der Waals surface area contributed by atoms with Gasteiger partial charge >= 0.3 is 0 Å². The van der Waals surface area contributed by atoms with Crippen molar-refractivity contribution in [3.63, 3.8) is 0 Å². The van der Waals surface area contributed by atoms with E-state index in [4.69, 9.17) is 4.74 Å². The van der Waals surface area contributed by atoms with Crippen LogP contribution in [0.1, 0.15) is 60.9 Å². The molecule has 1 saturated carbocycles. The van der Waals surface area contributed by atoms with Gasteiger partial charge in [0.25, 0.3) is 0 Å². The summed E-state index contributed by atoms with van der Waals surface area (Å²) in [5, 5.41) is 10.1. The van der Waals surface area contributed by atoms with Crippen molar-refractivity contribution < 1.29 is 14.6 Å². The third kappa shape index (κ3) is 3.46. The lowest BCUT2D eigenvalue weighted by molar-refractivity contribution is 0.0847. The van der Waals surface area contributed by atoms with E-state index in [1.54, 1.807) is 0 Å². The summed E-state index contributed by atoms with van der Waals surface area (Å²) in [4.78, 5) is 11.9. The molecular formula is C18H24O3. The highest BCUT2D eigenvalue weighted by Crippen LogP contribution is 2.31. The minimum absolute atomic E-state index is 0.216. The van der Waals surface area contributed by atoms with Crippen LogP contribution in [0.3, 0.4) is 0 Å². The maximum absolute atomic E-state index is 11.9. The van der Waals surface area contributed by atoms with Gasteiger partial charge in [-0.15, -0.1) is 0 Å². The number of rotatable bonds is 5. The summed E-state index contributed by atoms with van der Waals surface area (Å²) in [7, 11) is 0. The van der Waals surface area contributed by atoms with E-state index >= 15 is 0 Å². The highest BCUT2D eigenvalue weighted by molar-refractivity contribution is 5.99. The molecule has 0 aliphatic heterocycles. The highest BCUT2D eigenvalue weighted by atomic mass is 16.5. The summed E-state index contributed by atoms with van der Waals surface area (Å²) in [5.41, 5.74) is 1.84. The first-order valence-corrected chi connectivity index (χ1v) is 8.20. The highest BCUT2D eigenvalue weighted by Gasteiger charge is 2.22. The summed E-state index contributed by atoms with van der Waals surface area (Å²) in [6.45, 7) is 0.334. The number of ketones is 1. The largest absolute Gasteiger partial charge is 0.491 e. The van der Waals surface area contributed by atoms with Crippen LogP contribution in [-0.4, -0.2) is 23.6 Å². The topological polar surface area (TPSA) is 46.5 Å². The van der Waals surface area contributed by atoms with Crippen LogP contribution in [0.25, 0.3) is 0 Å². The maximum Gasteiger partial charge on any atom is 0.163 e. The van der Waals surface area contributed by atoms with Crippen molar-refractivity contribution in [3.05, 3.63) is 29.3 Å². The Bertz CT molecular complexity index is 503. The average molecular weight is 288 g/mol. The summed E-state index contributed by atoms with van der Waals surface area (Å²) in [6, 6.07) is 5.68. The van der Waals surface area contributed by atoms with E-state index in [1.807, 2.05) is 18.2 Å². The number of ether oxygens (including phenoxy) is 1.